The Morgan fingerprint density at radius 1 is 1.71 bits per heavy atom. The third kappa shape index (κ3) is 3.39. The number of nitro groups is 1. The highest BCUT2D eigenvalue weighted by Crippen LogP contribution is 2.20. The Morgan fingerprint density at radius 3 is 2.88 bits per heavy atom. The van der Waals surface area contributed by atoms with E-state index >= 15 is 0 Å². The number of nitrogens with zero attached hydrogens (tertiary/aromatic N) is 2. The van der Waals surface area contributed by atoms with Crippen LogP contribution in [0.25, 0.3) is 0 Å². The molecule has 0 bridgehead atoms. The van der Waals surface area contributed by atoms with Gasteiger partial charge in [-0.05, 0) is 19.4 Å². The van der Waals surface area contributed by atoms with Gasteiger partial charge in [-0.1, -0.05) is 18.5 Å². The van der Waals surface area contributed by atoms with Crippen molar-refractivity contribution in [3.05, 3.63) is 33.1 Å². The highest BCUT2D eigenvalue weighted by Gasteiger charge is 2.22. The summed E-state index contributed by atoms with van der Waals surface area (Å²) in [5.74, 6) is -0.518. The molecule has 0 aliphatic rings. The normalized spacial score (nSPS) is 11.9. The lowest BCUT2D eigenvalue weighted by atomic mass is 10.2. The van der Waals surface area contributed by atoms with Crippen molar-refractivity contribution in [3.8, 4) is 0 Å². The fourth-order valence-corrected chi connectivity index (χ4v) is 1.31. The molecular weight excluding hydrogens is 246 g/mol. The second-order valence-corrected chi connectivity index (χ2v) is 3.95. The van der Waals surface area contributed by atoms with E-state index in [1.807, 2.05) is 13.8 Å². The summed E-state index contributed by atoms with van der Waals surface area (Å²) in [5, 5.41) is 13.4. The molecule has 1 aromatic rings. The van der Waals surface area contributed by atoms with Gasteiger partial charge in [-0.3, -0.25) is 14.9 Å². The van der Waals surface area contributed by atoms with E-state index in [9.17, 15) is 14.9 Å². The maximum Gasteiger partial charge on any atom is 0.300 e. The molecular formula is C10H12ClN3O3. The number of rotatable bonds is 4. The molecule has 0 spiro atoms. The van der Waals surface area contributed by atoms with Gasteiger partial charge in [0.1, 0.15) is 16.9 Å². The van der Waals surface area contributed by atoms with E-state index in [4.69, 9.17) is 11.6 Å². The highest BCUT2D eigenvalue weighted by molar-refractivity contribution is 6.29. The highest BCUT2D eigenvalue weighted by atomic mass is 35.5. The smallest absolute Gasteiger partial charge is 0.300 e. The van der Waals surface area contributed by atoms with Gasteiger partial charge in [0.15, 0.2) is 0 Å². The van der Waals surface area contributed by atoms with Crippen LogP contribution in [0.1, 0.15) is 30.6 Å². The molecule has 0 aromatic carbocycles. The molecule has 1 amide bonds. The molecule has 7 heteroatoms. The van der Waals surface area contributed by atoms with Crippen molar-refractivity contribution in [2.24, 2.45) is 0 Å². The fraction of sp³-hybridized carbons (Fsp3) is 0.400. The average molecular weight is 258 g/mol. The van der Waals surface area contributed by atoms with Crippen molar-refractivity contribution in [1.82, 2.24) is 10.3 Å². The van der Waals surface area contributed by atoms with Gasteiger partial charge in [0, 0.05) is 6.04 Å². The van der Waals surface area contributed by atoms with Crippen molar-refractivity contribution in [3.63, 3.8) is 0 Å². The Morgan fingerprint density at radius 2 is 2.35 bits per heavy atom. The van der Waals surface area contributed by atoms with Crippen molar-refractivity contribution in [2.75, 3.05) is 0 Å². The summed E-state index contributed by atoms with van der Waals surface area (Å²) in [5.41, 5.74) is -0.425. The van der Waals surface area contributed by atoms with Crippen LogP contribution in [0, 0.1) is 10.1 Å². The predicted molar refractivity (Wildman–Crippen MR) is 63.1 cm³/mol. The minimum Gasteiger partial charge on any atom is -0.349 e. The summed E-state index contributed by atoms with van der Waals surface area (Å²) in [6, 6.07) is 1.13. The molecule has 1 rings (SSSR count). The summed E-state index contributed by atoms with van der Waals surface area (Å²) >= 11 is 5.62. The van der Waals surface area contributed by atoms with Crippen molar-refractivity contribution >= 4 is 23.2 Å². The molecule has 92 valence electrons. The van der Waals surface area contributed by atoms with Crippen LogP contribution in [0.5, 0.6) is 0 Å². The van der Waals surface area contributed by atoms with Crippen LogP contribution in [0.15, 0.2) is 12.3 Å². The largest absolute Gasteiger partial charge is 0.349 e. The van der Waals surface area contributed by atoms with Gasteiger partial charge in [-0.2, -0.15) is 0 Å². The number of aromatic nitrogens is 1. The lowest BCUT2D eigenvalue weighted by molar-refractivity contribution is -0.385. The molecule has 0 saturated carbocycles. The van der Waals surface area contributed by atoms with Gasteiger partial charge in [0.2, 0.25) is 0 Å². The van der Waals surface area contributed by atoms with Gasteiger partial charge in [-0.25, -0.2) is 4.98 Å². The molecule has 17 heavy (non-hydrogen) atoms. The molecule has 1 unspecified atom stereocenters. The first kappa shape index (κ1) is 13.4. The zero-order valence-corrected chi connectivity index (χ0v) is 10.2. The van der Waals surface area contributed by atoms with Crippen molar-refractivity contribution in [2.45, 2.75) is 26.3 Å². The van der Waals surface area contributed by atoms with Crippen LogP contribution >= 0.6 is 11.6 Å². The number of hydrogen-bond donors (Lipinski definition) is 1. The van der Waals surface area contributed by atoms with Gasteiger partial charge >= 0.3 is 0 Å². The first-order valence-electron chi connectivity index (χ1n) is 5.06. The van der Waals surface area contributed by atoms with Gasteiger partial charge in [0.05, 0.1) is 4.92 Å². The average Bonchev–Trinajstić information content (AvgIpc) is 2.28. The van der Waals surface area contributed by atoms with E-state index in [0.717, 1.165) is 12.6 Å². The van der Waals surface area contributed by atoms with Crippen LogP contribution in [0.3, 0.4) is 0 Å². The van der Waals surface area contributed by atoms with Crippen LogP contribution < -0.4 is 5.32 Å². The molecule has 0 aliphatic heterocycles. The third-order valence-electron chi connectivity index (χ3n) is 2.28. The molecule has 1 atom stereocenters. The standard InChI is InChI=1S/C10H12ClN3O3/c1-3-6(2)13-10(15)7-4-9(11)12-5-8(7)14(16)17/h4-6H,3H2,1-2H3,(H,13,15). The van der Waals surface area contributed by atoms with E-state index in [1.54, 1.807) is 0 Å². The van der Waals surface area contributed by atoms with Crippen LogP contribution in [-0.2, 0) is 0 Å². The summed E-state index contributed by atoms with van der Waals surface area (Å²) < 4.78 is 0. The van der Waals surface area contributed by atoms with E-state index in [-0.39, 0.29) is 22.4 Å². The number of hydrogen-bond acceptors (Lipinski definition) is 4. The van der Waals surface area contributed by atoms with Crippen LogP contribution in [0.2, 0.25) is 5.15 Å². The number of halogens is 1. The van der Waals surface area contributed by atoms with Gasteiger partial charge in [-0.15, -0.1) is 0 Å². The number of pyridine rings is 1. The van der Waals surface area contributed by atoms with Gasteiger partial charge in [0.25, 0.3) is 11.6 Å². The Kier molecular flexibility index (Phi) is 4.39. The number of nitrogens with one attached hydrogen (secondary N) is 1. The maximum atomic E-state index is 11.8. The summed E-state index contributed by atoms with van der Waals surface area (Å²) in [6.07, 6.45) is 1.71. The van der Waals surface area contributed by atoms with Gasteiger partial charge < -0.3 is 5.32 Å². The first-order valence-corrected chi connectivity index (χ1v) is 5.44. The minimum absolute atomic E-state index is 0.0462. The molecule has 1 aromatic heterocycles. The van der Waals surface area contributed by atoms with E-state index in [1.165, 1.54) is 6.07 Å². The SMILES string of the molecule is CCC(C)NC(=O)c1cc(Cl)ncc1[N+](=O)[O-]. The van der Waals surface area contributed by atoms with E-state index in [0.29, 0.717) is 0 Å². The maximum absolute atomic E-state index is 11.8. The Bertz CT molecular complexity index is 450. The second kappa shape index (κ2) is 5.58. The Balaban J connectivity index is 3.06. The lowest BCUT2D eigenvalue weighted by Gasteiger charge is -2.11. The number of carbonyl (C=O) groups excluding carboxylic acids is 1. The Labute approximate surface area is 103 Å². The van der Waals surface area contributed by atoms with Crippen molar-refractivity contribution in [1.29, 1.82) is 0 Å². The van der Waals surface area contributed by atoms with Crippen molar-refractivity contribution < 1.29 is 9.72 Å². The van der Waals surface area contributed by atoms with E-state index < -0.39 is 10.8 Å². The summed E-state index contributed by atoms with van der Waals surface area (Å²) in [7, 11) is 0. The van der Waals surface area contributed by atoms with Crippen LogP contribution in [0.4, 0.5) is 5.69 Å². The first-order chi connectivity index (χ1) is 7.95. The molecule has 6 nitrogen and oxygen atoms in total. The second-order valence-electron chi connectivity index (χ2n) is 3.56. The summed E-state index contributed by atoms with van der Waals surface area (Å²) in [6.45, 7) is 3.71. The zero-order valence-electron chi connectivity index (χ0n) is 9.44. The zero-order chi connectivity index (χ0) is 13.0. The monoisotopic (exact) mass is 257 g/mol. The number of amides is 1. The quantitative estimate of drug-likeness (QED) is 0.509. The molecule has 0 fully saturated rings. The molecule has 0 saturated heterocycles. The summed E-state index contributed by atoms with van der Waals surface area (Å²) in [4.78, 5) is 25.5. The Hall–Kier alpha value is -1.69. The number of carbonyl (C=O) groups is 1. The molecule has 0 aliphatic carbocycles. The van der Waals surface area contributed by atoms with E-state index in [2.05, 4.69) is 10.3 Å². The predicted octanol–water partition coefficient (Wildman–Crippen LogP) is 2.17. The minimum atomic E-state index is -0.658. The molecule has 0 radical (unpaired) electrons. The lowest BCUT2D eigenvalue weighted by Crippen LogP contribution is -2.32. The molecule has 1 N–H and O–H groups in total. The fourth-order valence-electron chi connectivity index (χ4n) is 1.15. The third-order valence-corrected chi connectivity index (χ3v) is 2.49. The molecule has 1 heterocycles. The van der Waals surface area contributed by atoms with Crippen LogP contribution in [-0.4, -0.2) is 21.9 Å². The topological polar surface area (TPSA) is 85.1 Å².